The van der Waals surface area contributed by atoms with Crippen molar-refractivity contribution in [2.24, 2.45) is 12.9 Å². The zero-order chi connectivity index (χ0) is 15.1. The number of nitrogen functional groups attached to an aromatic ring is 1. The Morgan fingerprint density at radius 2 is 2.14 bits per heavy atom. The van der Waals surface area contributed by atoms with E-state index in [-0.39, 0.29) is 0 Å². The highest BCUT2D eigenvalue weighted by atomic mass is 16.5. The molecule has 0 amide bonds. The summed E-state index contributed by atoms with van der Waals surface area (Å²) in [5, 5.41) is 4.14. The first-order valence-corrected chi connectivity index (χ1v) is 6.63. The second-order valence-corrected chi connectivity index (χ2v) is 4.46. The van der Waals surface area contributed by atoms with Crippen LogP contribution in [0.25, 0.3) is 11.3 Å². The normalized spacial score (nSPS) is 10.8. The average molecular weight is 292 g/mol. The molecule has 2 aromatic rings. The van der Waals surface area contributed by atoms with Gasteiger partial charge in [0, 0.05) is 38.4 Å². The minimum atomic E-state index is 0.532. The van der Waals surface area contributed by atoms with Gasteiger partial charge in [-0.2, -0.15) is 5.10 Å². The van der Waals surface area contributed by atoms with Crippen LogP contribution in [-0.4, -0.2) is 46.7 Å². The molecule has 3 N–H and O–H groups in total. The molecule has 0 aliphatic rings. The minimum absolute atomic E-state index is 0.532. The summed E-state index contributed by atoms with van der Waals surface area (Å²) in [6.45, 7) is 1.66. The summed E-state index contributed by atoms with van der Waals surface area (Å²) in [5.74, 6) is 6.69. The Bertz CT molecular complexity index is 572. The standard InChI is InChI=1S/C13H20N6O2/c1-19-9-10(8-15-19)11-7-13(18-14)17-12(16-11)3-4-21-6-5-20-2/h7-9H,3-6,14H2,1-2H3,(H,16,17,18). The highest BCUT2D eigenvalue weighted by Crippen LogP contribution is 2.18. The number of nitrogens with zero attached hydrogens (tertiary/aromatic N) is 4. The van der Waals surface area contributed by atoms with Crippen LogP contribution in [0.15, 0.2) is 18.5 Å². The van der Waals surface area contributed by atoms with E-state index >= 15 is 0 Å². The van der Waals surface area contributed by atoms with Crippen molar-refractivity contribution in [2.75, 3.05) is 32.4 Å². The SMILES string of the molecule is COCCOCCc1nc(NN)cc(-c2cnn(C)c2)n1. The van der Waals surface area contributed by atoms with E-state index in [1.54, 1.807) is 24.1 Å². The van der Waals surface area contributed by atoms with E-state index in [2.05, 4.69) is 20.5 Å². The second kappa shape index (κ2) is 7.67. The van der Waals surface area contributed by atoms with Gasteiger partial charge in [-0.1, -0.05) is 0 Å². The highest BCUT2D eigenvalue weighted by Gasteiger charge is 2.08. The number of methoxy groups -OCH3 is 1. The van der Waals surface area contributed by atoms with Crippen LogP contribution < -0.4 is 11.3 Å². The van der Waals surface area contributed by atoms with Crippen LogP contribution in [0.1, 0.15) is 5.82 Å². The second-order valence-electron chi connectivity index (χ2n) is 4.46. The number of nitrogens with one attached hydrogen (secondary N) is 1. The van der Waals surface area contributed by atoms with Gasteiger partial charge in [0.05, 0.1) is 31.7 Å². The van der Waals surface area contributed by atoms with Crippen molar-refractivity contribution in [1.29, 1.82) is 0 Å². The van der Waals surface area contributed by atoms with E-state index in [0.29, 0.717) is 37.9 Å². The topological polar surface area (TPSA) is 100 Å². The molecule has 0 aliphatic heterocycles. The number of rotatable bonds is 8. The lowest BCUT2D eigenvalue weighted by Gasteiger charge is -2.07. The molecule has 21 heavy (non-hydrogen) atoms. The van der Waals surface area contributed by atoms with Crippen molar-refractivity contribution < 1.29 is 9.47 Å². The molecule has 0 atom stereocenters. The monoisotopic (exact) mass is 292 g/mol. The zero-order valence-electron chi connectivity index (χ0n) is 12.2. The quantitative estimate of drug-likeness (QED) is 0.412. The van der Waals surface area contributed by atoms with Crippen LogP contribution in [0.5, 0.6) is 0 Å². The lowest BCUT2D eigenvalue weighted by atomic mass is 10.2. The maximum Gasteiger partial charge on any atom is 0.144 e. The van der Waals surface area contributed by atoms with Crippen molar-refractivity contribution >= 4 is 5.82 Å². The molecule has 0 aromatic carbocycles. The molecule has 8 nitrogen and oxygen atoms in total. The molecule has 0 bridgehead atoms. The molecule has 0 aliphatic carbocycles. The summed E-state index contributed by atoms with van der Waals surface area (Å²) >= 11 is 0. The fourth-order valence-electron chi connectivity index (χ4n) is 1.79. The summed E-state index contributed by atoms with van der Waals surface area (Å²) in [6.07, 6.45) is 4.25. The summed E-state index contributed by atoms with van der Waals surface area (Å²) in [4.78, 5) is 8.83. The first kappa shape index (κ1) is 15.4. The van der Waals surface area contributed by atoms with Gasteiger partial charge >= 0.3 is 0 Å². The Balaban J connectivity index is 2.07. The molecule has 8 heteroatoms. The Labute approximate surface area is 123 Å². The lowest BCUT2D eigenvalue weighted by molar-refractivity contribution is 0.0716. The maximum absolute atomic E-state index is 5.46. The average Bonchev–Trinajstić information content (AvgIpc) is 2.93. The number of hydrogen-bond acceptors (Lipinski definition) is 7. The lowest BCUT2D eigenvalue weighted by Crippen LogP contribution is -2.12. The predicted molar refractivity (Wildman–Crippen MR) is 78.4 cm³/mol. The molecular weight excluding hydrogens is 272 g/mol. The van der Waals surface area contributed by atoms with Gasteiger partial charge < -0.3 is 14.9 Å². The van der Waals surface area contributed by atoms with Crippen molar-refractivity contribution in [2.45, 2.75) is 6.42 Å². The van der Waals surface area contributed by atoms with E-state index in [0.717, 1.165) is 11.3 Å². The predicted octanol–water partition coefficient (Wildman–Crippen LogP) is 0.368. The fraction of sp³-hybridized carbons (Fsp3) is 0.462. The van der Waals surface area contributed by atoms with Gasteiger partial charge in [-0.3, -0.25) is 4.68 Å². The number of hydrazine groups is 1. The smallest absolute Gasteiger partial charge is 0.144 e. The largest absolute Gasteiger partial charge is 0.382 e. The first-order chi connectivity index (χ1) is 10.2. The molecule has 0 unspecified atom stereocenters. The first-order valence-electron chi connectivity index (χ1n) is 6.63. The fourth-order valence-corrected chi connectivity index (χ4v) is 1.79. The van der Waals surface area contributed by atoms with E-state index in [1.165, 1.54) is 0 Å². The Kier molecular flexibility index (Phi) is 5.61. The number of hydrogen-bond donors (Lipinski definition) is 2. The van der Waals surface area contributed by atoms with Gasteiger partial charge in [0.15, 0.2) is 0 Å². The van der Waals surface area contributed by atoms with Gasteiger partial charge in [0.25, 0.3) is 0 Å². The van der Waals surface area contributed by atoms with Gasteiger partial charge in [-0.15, -0.1) is 0 Å². The Morgan fingerprint density at radius 1 is 1.29 bits per heavy atom. The van der Waals surface area contributed by atoms with Gasteiger partial charge in [0.1, 0.15) is 11.6 Å². The molecule has 2 heterocycles. The third-order valence-corrected chi connectivity index (χ3v) is 2.82. The van der Waals surface area contributed by atoms with Crippen LogP contribution in [0.3, 0.4) is 0 Å². The van der Waals surface area contributed by atoms with Gasteiger partial charge in [-0.05, 0) is 0 Å². The van der Waals surface area contributed by atoms with Crippen molar-refractivity contribution in [3.8, 4) is 11.3 Å². The van der Waals surface area contributed by atoms with Gasteiger partial charge in [0.2, 0.25) is 0 Å². The molecule has 0 saturated carbocycles. The van der Waals surface area contributed by atoms with Crippen molar-refractivity contribution in [3.05, 3.63) is 24.3 Å². The molecule has 114 valence electrons. The summed E-state index contributed by atoms with van der Waals surface area (Å²) in [6, 6.07) is 1.78. The van der Waals surface area contributed by atoms with Crippen LogP contribution in [-0.2, 0) is 22.9 Å². The summed E-state index contributed by atoms with van der Waals surface area (Å²) in [5.41, 5.74) is 4.25. The molecule has 0 saturated heterocycles. The van der Waals surface area contributed by atoms with E-state index < -0.39 is 0 Å². The molecule has 0 spiro atoms. The number of ether oxygens (including phenoxy) is 2. The third kappa shape index (κ3) is 4.48. The number of anilines is 1. The number of nitrogens with two attached hydrogens (primary N) is 1. The van der Waals surface area contributed by atoms with E-state index in [1.807, 2.05) is 13.2 Å². The van der Waals surface area contributed by atoms with Crippen LogP contribution in [0, 0.1) is 0 Å². The summed E-state index contributed by atoms with van der Waals surface area (Å²) in [7, 11) is 3.50. The van der Waals surface area contributed by atoms with Crippen molar-refractivity contribution in [1.82, 2.24) is 19.7 Å². The molecule has 0 radical (unpaired) electrons. The highest BCUT2D eigenvalue weighted by molar-refractivity contribution is 5.60. The van der Waals surface area contributed by atoms with Crippen LogP contribution in [0.2, 0.25) is 0 Å². The van der Waals surface area contributed by atoms with Crippen LogP contribution in [0.4, 0.5) is 5.82 Å². The Hall–Kier alpha value is -2.03. The zero-order valence-corrected chi connectivity index (χ0v) is 12.2. The molecule has 0 fully saturated rings. The third-order valence-electron chi connectivity index (χ3n) is 2.82. The van der Waals surface area contributed by atoms with E-state index in [9.17, 15) is 0 Å². The molecular formula is C13H20N6O2. The van der Waals surface area contributed by atoms with Crippen molar-refractivity contribution in [3.63, 3.8) is 0 Å². The maximum atomic E-state index is 5.46. The molecule has 2 rings (SSSR count). The Morgan fingerprint density at radius 3 is 2.81 bits per heavy atom. The molecule has 2 aromatic heterocycles. The number of aryl methyl sites for hydroxylation is 1. The minimum Gasteiger partial charge on any atom is -0.382 e. The van der Waals surface area contributed by atoms with Gasteiger partial charge in [-0.25, -0.2) is 15.8 Å². The van der Waals surface area contributed by atoms with E-state index in [4.69, 9.17) is 15.3 Å². The van der Waals surface area contributed by atoms with Crippen LogP contribution >= 0.6 is 0 Å². The number of aromatic nitrogens is 4. The summed E-state index contributed by atoms with van der Waals surface area (Å²) < 4.78 is 12.1.